The maximum absolute atomic E-state index is 13.3. The monoisotopic (exact) mass is 282 g/mol. The molecule has 0 amide bonds. The van der Waals surface area contributed by atoms with Crippen LogP contribution in [0.5, 0.6) is 0 Å². The van der Waals surface area contributed by atoms with E-state index in [4.69, 9.17) is 0 Å². The predicted octanol–water partition coefficient (Wildman–Crippen LogP) is 2.45. The van der Waals surface area contributed by atoms with Crippen molar-refractivity contribution in [3.63, 3.8) is 0 Å². The lowest BCUT2D eigenvalue weighted by molar-refractivity contribution is 0.440. The van der Waals surface area contributed by atoms with Crippen molar-refractivity contribution in [2.45, 2.75) is 39.4 Å². The van der Waals surface area contributed by atoms with Crippen LogP contribution in [0.3, 0.4) is 0 Å². The molecule has 1 aromatic carbocycles. The summed E-state index contributed by atoms with van der Waals surface area (Å²) in [5, 5.41) is 0.0752. The maximum Gasteiger partial charge on any atom is 0.329 e. The third-order valence-electron chi connectivity index (χ3n) is 3.20. The van der Waals surface area contributed by atoms with Gasteiger partial charge in [-0.1, -0.05) is 13.8 Å². The summed E-state index contributed by atoms with van der Waals surface area (Å²) >= 11 is 0. The van der Waals surface area contributed by atoms with Gasteiger partial charge in [-0.3, -0.25) is 14.3 Å². The minimum absolute atomic E-state index is 0.0752. The van der Waals surface area contributed by atoms with Crippen molar-refractivity contribution < 1.29 is 8.78 Å². The van der Waals surface area contributed by atoms with E-state index in [0.29, 0.717) is 11.1 Å². The number of aromatic amines is 1. The summed E-state index contributed by atoms with van der Waals surface area (Å²) < 4.78 is 27.7. The molecule has 0 bridgehead atoms. The summed E-state index contributed by atoms with van der Waals surface area (Å²) in [6, 6.07) is 1.74. The highest BCUT2D eigenvalue weighted by Crippen LogP contribution is 2.39. The molecule has 20 heavy (non-hydrogen) atoms. The van der Waals surface area contributed by atoms with Crippen molar-refractivity contribution in [2.24, 2.45) is 0 Å². The van der Waals surface area contributed by atoms with Crippen molar-refractivity contribution in [3.05, 3.63) is 44.4 Å². The lowest BCUT2D eigenvalue weighted by Gasteiger charge is -2.10. The van der Waals surface area contributed by atoms with Gasteiger partial charge >= 0.3 is 5.69 Å². The Labute approximate surface area is 114 Å². The van der Waals surface area contributed by atoms with E-state index in [9.17, 15) is 18.4 Å². The predicted molar refractivity (Wildman–Crippen MR) is 73.4 cm³/mol. The molecule has 1 aliphatic carbocycles. The highest BCUT2D eigenvalue weighted by atomic mass is 19.1. The van der Waals surface area contributed by atoms with Crippen molar-refractivity contribution in [3.8, 4) is 0 Å². The van der Waals surface area contributed by atoms with Gasteiger partial charge in [-0.25, -0.2) is 13.6 Å². The first-order valence-electron chi connectivity index (χ1n) is 6.58. The molecule has 0 spiro atoms. The second-order valence-electron chi connectivity index (χ2n) is 4.57. The van der Waals surface area contributed by atoms with Crippen LogP contribution in [0.15, 0.2) is 21.7 Å². The number of halogens is 2. The number of nitrogens with one attached hydrogen (secondary N) is 1. The molecule has 4 nitrogen and oxygen atoms in total. The van der Waals surface area contributed by atoms with E-state index >= 15 is 0 Å². The molecule has 1 N–H and O–H groups in total. The van der Waals surface area contributed by atoms with Gasteiger partial charge in [-0.15, -0.1) is 0 Å². The average Bonchev–Trinajstić information content (AvgIpc) is 3.10. The van der Waals surface area contributed by atoms with Crippen LogP contribution >= 0.6 is 0 Å². The Morgan fingerprint density at radius 3 is 2.45 bits per heavy atom. The number of benzene rings is 1. The first-order valence-corrected chi connectivity index (χ1v) is 6.58. The van der Waals surface area contributed by atoms with Crippen LogP contribution in [0.1, 0.15) is 31.9 Å². The lowest BCUT2D eigenvalue weighted by Crippen LogP contribution is -2.30. The highest BCUT2D eigenvalue weighted by molar-refractivity contribution is 5.81. The first kappa shape index (κ1) is 14.4. The van der Waals surface area contributed by atoms with Crippen LogP contribution in [0.25, 0.3) is 10.9 Å². The molecule has 2 unspecified atom stereocenters. The Morgan fingerprint density at radius 2 is 1.90 bits per heavy atom. The Balaban J connectivity index is 0.000000704. The molecule has 6 heteroatoms. The number of alkyl halides is 1. The minimum Gasteiger partial charge on any atom is -0.287 e. The zero-order chi connectivity index (χ0) is 15.0. The summed E-state index contributed by atoms with van der Waals surface area (Å²) in [4.78, 5) is 25.5. The van der Waals surface area contributed by atoms with E-state index < -0.39 is 29.3 Å². The summed E-state index contributed by atoms with van der Waals surface area (Å²) in [6.07, 6.45) is -0.834. The van der Waals surface area contributed by atoms with Crippen LogP contribution in [-0.4, -0.2) is 15.7 Å². The minimum atomic E-state index is -1.08. The number of aryl methyl sites for hydroxylation is 1. The van der Waals surface area contributed by atoms with Crippen molar-refractivity contribution in [2.75, 3.05) is 0 Å². The van der Waals surface area contributed by atoms with Gasteiger partial charge in [0.25, 0.3) is 5.56 Å². The van der Waals surface area contributed by atoms with Gasteiger partial charge in [0.2, 0.25) is 0 Å². The number of nitrogens with zero attached hydrogens (tertiary/aromatic N) is 1. The van der Waals surface area contributed by atoms with Crippen molar-refractivity contribution in [1.29, 1.82) is 0 Å². The molecule has 1 aliphatic rings. The molecule has 108 valence electrons. The van der Waals surface area contributed by atoms with E-state index in [0.717, 1.165) is 6.07 Å². The quantitative estimate of drug-likeness (QED) is 0.873. The van der Waals surface area contributed by atoms with Gasteiger partial charge in [0.05, 0.1) is 16.9 Å². The number of hydrogen-bond acceptors (Lipinski definition) is 2. The van der Waals surface area contributed by atoms with Crippen LogP contribution < -0.4 is 11.2 Å². The molecular formula is C14H16F2N2O2. The van der Waals surface area contributed by atoms with E-state index in [2.05, 4.69) is 4.98 Å². The number of hydrogen-bond donors (Lipinski definition) is 1. The van der Waals surface area contributed by atoms with E-state index in [1.165, 1.54) is 10.6 Å². The fourth-order valence-corrected chi connectivity index (χ4v) is 2.29. The van der Waals surface area contributed by atoms with Crippen LogP contribution in [0.4, 0.5) is 8.78 Å². The van der Waals surface area contributed by atoms with Crippen LogP contribution in [-0.2, 0) is 0 Å². The van der Waals surface area contributed by atoms with Gasteiger partial charge in [-0.05, 0) is 24.6 Å². The van der Waals surface area contributed by atoms with Gasteiger partial charge in [0.1, 0.15) is 12.0 Å². The van der Waals surface area contributed by atoms with Crippen LogP contribution in [0.2, 0.25) is 0 Å². The van der Waals surface area contributed by atoms with Gasteiger partial charge in [0.15, 0.2) is 0 Å². The normalized spacial score (nSPS) is 20.4. The zero-order valence-electron chi connectivity index (χ0n) is 11.5. The lowest BCUT2D eigenvalue weighted by atomic mass is 10.1. The summed E-state index contributed by atoms with van der Waals surface area (Å²) in [6.45, 7) is 5.59. The second kappa shape index (κ2) is 5.19. The molecule has 2 atom stereocenters. The molecule has 0 saturated heterocycles. The Morgan fingerprint density at radius 1 is 1.30 bits per heavy atom. The smallest absolute Gasteiger partial charge is 0.287 e. The van der Waals surface area contributed by atoms with E-state index in [-0.39, 0.29) is 11.8 Å². The average molecular weight is 282 g/mol. The van der Waals surface area contributed by atoms with Crippen molar-refractivity contribution >= 4 is 10.9 Å². The van der Waals surface area contributed by atoms with Crippen LogP contribution in [0, 0.1) is 12.7 Å². The fourth-order valence-electron chi connectivity index (χ4n) is 2.29. The summed E-state index contributed by atoms with van der Waals surface area (Å²) in [5.41, 5.74) is -0.528. The first-order chi connectivity index (χ1) is 9.49. The molecule has 1 fully saturated rings. The standard InChI is InChI=1S/C12H10F2N2O2.C2H6/c1-5-2-6(13)3-7-10(5)16(9-4-8(9)14)12(18)15-11(7)17;1-2/h2-3,8-9H,4H2,1H3,(H,15,17,18);1-2H3. The Bertz CT molecular complexity index is 764. The summed E-state index contributed by atoms with van der Waals surface area (Å²) in [7, 11) is 0. The molecule has 1 aromatic heterocycles. The number of rotatable bonds is 1. The molecule has 1 saturated carbocycles. The highest BCUT2D eigenvalue weighted by Gasteiger charge is 2.41. The molecule has 1 heterocycles. The number of aromatic nitrogens is 2. The third-order valence-corrected chi connectivity index (χ3v) is 3.20. The summed E-state index contributed by atoms with van der Waals surface area (Å²) in [5.74, 6) is -0.553. The van der Waals surface area contributed by atoms with Gasteiger partial charge in [-0.2, -0.15) is 0 Å². The zero-order valence-corrected chi connectivity index (χ0v) is 11.5. The maximum atomic E-state index is 13.3. The topological polar surface area (TPSA) is 54.9 Å². The van der Waals surface area contributed by atoms with Gasteiger partial charge < -0.3 is 0 Å². The molecule has 2 aromatic rings. The Kier molecular flexibility index (Phi) is 3.74. The number of H-pyrrole nitrogens is 1. The molecule has 0 radical (unpaired) electrons. The Hall–Kier alpha value is -1.98. The second-order valence-corrected chi connectivity index (χ2v) is 4.57. The van der Waals surface area contributed by atoms with Crippen molar-refractivity contribution in [1.82, 2.24) is 9.55 Å². The largest absolute Gasteiger partial charge is 0.329 e. The molecule has 0 aliphatic heterocycles. The van der Waals surface area contributed by atoms with E-state index in [1.807, 2.05) is 13.8 Å². The number of fused-ring (bicyclic) bond motifs is 1. The fraction of sp³-hybridized carbons (Fsp3) is 0.429. The van der Waals surface area contributed by atoms with E-state index in [1.54, 1.807) is 6.92 Å². The SMILES string of the molecule is CC.Cc1cc(F)cc2c(=O)[nH]c(=O)n(C3CC3F)c12. The molecule has 3 rings (SSSR count). The van der Waals surface area contributed by atoms with Gasteiger partial charge in [0, 0.05) is 6.42 Å². The molecular weight excluding hydrogens is 266 g/mol. The third kappa shape index (κ3) is 2.26.